The van der Waals surface area contributed by atoms with Gasteiger partial charge in [0.05, 0.1) is 11.6 Å². The third-order valence-electron chi connectivity index (χ3n) is 4.18. The minimum atomic E-state index is 0.673. The second kappa shape index (κ2) is 10.2. The summed E-state index contributed by atoms with van der Waals surface area (Å²) in [6.07, 6.45) is 3.96. The van der Waals surface area contributed by atoms with Gasteiger partial charge in [0.15, 0.2) is 5.96 Å². The molecular formula is C20H31N5S. The Bertz CT molecular complexity index is 721. The summed E-state index contributed by atoms with van der Waals surface area (Å²) in [5.74, 6) is 0.857. The van der Waals surface area contributed by atoms with E-state index in [9.17, 15) is 0 Å². The van der Waals surface area contributed by atoms with Gasteiger partial charge in [0.2, 0.25) is 0 Å². The van der Waals surface area contributed by atoms with Gasteiger partial charge in [0.25, 0.3) is 0 Å². The van der Waals surface area contributed by atoms with Crippen LogP contribution in [0.3, 0.4) is 0 Å². The highest BCUT2D eigenvalue weighted by molar-refractivity contribution is 7.11. The molecule has 0 aliphatic heterocycles. The summed E-state index contributed by atoms with van der Waals surface area (Å²) < 4.78 is 0. The van der Waals surface area contributed by atoms with Crippen molar-refractivity contribution in [2.75, 3.05) is 32.1 Å². The summed E-state index contributed by atoms with van der Waals surface area (Å²) in [5, 5.41) is 7.91. The van der Waals surface area contributed by atoms with E-state index in [4.69, 9.17) is 4.99 Å². The van der Waals surface area contributed by atoms with Crippen molar-refractivity contribution < 1.29 is 0 Å². The van der Waals surface area contributed by atoms with Gasteiger partial charge in [0.1, 0.15) is 0 Å². The maximum Gasteiger partial charge on any atom is 0.191 e. The Hall–Kier alpha value is -2.08. The number of hydrogen-bond acceptors (Lipinski definition) is 4. The summed E-state index contributed by atoms with van der Waals surface area (Å²) in [6.45, 7) is 8.75. The summed E-state index contributed by atoms with van der Waals surface area (Å²) in [6, 6.07) is 6.52. The van der Waals surface area contributed by atoms with Crippen LogP contribution in [0.25, 0.3) is 0 Å². The van der Waals surface area contributed by atoms with Gasteiger partial charge < -0.3 is 15.5 Å². The first kappa shape index (κ1) is 20.2. The van der Waals surface area contributed by atoms with Gasteiger partial charge in [0, 0.05) is 50.4 Å². The molecule has 0 aliphatic rings. The molecular weight excluding hydrogens is 342 g/mol. The number of anilines is 1. The fourth-order valence-electron chi connectivity index (χ4n) is 2.56. The van der Waals surface area contributed by atoms with E-state index in [-0.39, 0.29) is 0 Å². The molecule has 1 aromatic carbocycles. The van der Waals surface area contributed by atoms with E-state index in [1.165, 1.54) is 26.7 Å². The van der Waals surface area contributed by atoms with Crippen LogP contribution in [0.5, 0.6) is 0 Å². The molecule has 2 N–H and O–H groups in total. The lowest BCUT2D eigenvalue weighted by molar-refractivity contribution is 0.796. The number of aryl methyl sites for hydroxylation is 2. The molecule has 1 aromatic heterocycles. The zero-order valence-corrected chi connectivity index (χ0v) is 17.4. The summed E-state index contributed by atoms with van der Waals surface area (Å²) >= 11 is 1.80. The van der Waals surface area contributed by atoms with Gasteiger partial charge in [-0.3, -0.25) is 0 Å². The maximum atomic E-state index is 4.74. The van der Waals surface area contributed by atoms with Crippen molar-refractivity contribution in [1.82, 2.24) is 15.6 Å². The highest BCUT2D eigenvalue weighted by Gasteiger charge is 2.04. The number of nitrogens with zero attached hydrogens (tertiary/aromatic N) is 3. The van der Waals surface area contributed by atoms with Crippen LogP contribution in [0.4, 0.5) is 5.69 Å². The molecule has 5 nitrogen and oxygen atoms in total. The van der Waals surface area contributed by atoms with E-state index in [2.05, 4.69) is 73.6 Å². The topological polar surface area (TPSA) is 52.6 Å². The van der Waals surface area contributed by atoms with Crippen LogP contribution in [-0.4, -0.2) is 38.1 Å². The minimum absolute atomic E-state index is 0.673. The summed E-state index contributed by atoms with van der Waals surface area (Å²) in [5.41, 5.74) is 3.74. The number of rotatable bonds is 8. The van der Waals surface area contributed by atoms with Gasteiger partial charge in [-0.25, -0.2) is 9.98 Å². The highest BCUT2D eigenvalue weighted by Crippen LogP contribution is 2.18. The van der Waals surface area contributed by atoms with Crippen LogP contribution in [0.15, 0.2) is 29.4 Å². The molecule has 6 heteroatoms. The highest BCUT2D eigenvalue weighted by atomic mass is 32.1. The molecule has 142 valence electrons. The normalized spacial score (nSPS) is 11.5. The van der Waals surface area contributed by atoms with E-state index in [0.29, 0.717) is 6.54 Å². The van der Waals surface area contributed by atoms with Crippen molar-refractivity contribution >= 4 is 23.0 Å². The van der Waals surface area contributed by atoms with E-state index in [0.717, 1.165) is 31.9 Å². The summed E-state index contributed by atoms with van der Waals surface area (Å²) in [7, 11) is 4.12. The lowest BCUT2D eigenvalue weighted by Gasteiger charge is -2.15. The van der Waals surface area contributed by atoms with E-state index in [1.807, 2.05) is 6.20 Å². The van der Waals surface area contributed by atoms with Crippen molar-refractivity contribution in [3.8, 4) is 0 Å². The SMILES string of the molecule is CCNC(=NCc1ccc(N(C)C)cc1C)NCCc1ncc(CC)s1. The number of nitrogens with one attached hydrogen (secondary N) is 2. The Kier molecular flexibility index (Phi) is 7.91. The number of aromatic nitrogens is 1. The Balaban J connectivity index is 1.93. The van der Waals surface area contributed by atoms with E-state index in [1.54, 1.807) is 11.3 Å². The number of thiazole rings is 1. The largest absolute Gasteiger partial charge is 0.378 e. The predicted molar refractivity (Wildman–Crippen MR) is 114 cm³/mol. The number of aliphatic imine (C=N–C) groups is 1. The zero-order valence-electron chi connectivity index (χ0n) is 16.6. The van der Waals surface area contributed by atoms with Gasteiger partial charge in [-0.05, 0) is 43.5 Å². The first-order valence-corrected chi connectivity index (χ1v) is 10.1. The van der Waals surface area contributed by atoms with Crippen molar-refractivity contribution in [2.24, 2.45) is 4.99 Å². The molecule has 0 spiro atoms. The first-order chi connectivity index (χ1) is 12.5. The fraction of sp³-hybridized carbons (Fsp3) is 0.500. The fourth-order valence-corrected chi connectivity index (χ4v) is 3.42. The number of hydrogen-bond donors (Lipinski definition) is 2. The average Bonchev–Trinajstić information content (AvgIpc) is 3.08. The molecule has 0 aliphatic carbocycles. The predicted octanol–water partition coefficient (Wildman–Crippen LogP) is 3.38. The molecule has 26 heavy (non-hydrogen) atoms. The molecule has 0 bridgehead atoms. The quantitative estimate of drug-likeness (QED) is 0.550. The van der Waals surface area contributed by atoms with E-state index < -0.39 is 0 Å². The van der Waals surface area contributed by atoms with Gasteiger partial charge in [-0.15, -0.1) is 11.3 Å². The van der Waals surface area contributed by atoms with Crippen molar-refractivity contribution in [1.29, 1.82) is 0 Å². The molecule has 0 atom stereocenters. The Morgan fingerprint density at radius 1 is 1.23 bits per heavy atom. The van der Waals surface area contributed by atoms with Crippen molar-refractivity contribution in [2.45, 2.75) is 40.2 Å². The lowest BCUT2D eigenvalue weighted by atomic mass is 10.1. The van der Waals surface area contributed by atoms with Crippen LogP contribution >= 0.6 is 11.3 Å². The second-order valence-corrected chi connectivity index (χ2v) is 7.65. The zero-order chi connectivity index (χ0) is 18.9. The van der Waals surface area contributed by atoms with Crippen LogP contribution in [-0.2, 0) is 19.4 Å². The third-order valence-corrected chi connectivity index (χ3v) is 5.38. The Morgan fingerprint density at radius 2 is 2.04 bits per heavy atom. The smallest absolute Gasteiger partial charge is 0.191 e. The monoisotopic (exact) mass is 373 g/mol. The molecule has 0 unspecified atom stereocenters. The van der Waals surface area contributed by atoms with Crippen molar-refractivity contribution in [3.05, 3.63) is 45.4 Å². The Morgan fingerprint density at radius 3 is 2.65 bits per heavy atom. The summed E-state index contributed by atoms with van der Waals surface area (Å²) in [4.78, 5) is 12.7. The lowest BCUT2D eigenvalue weighted by Crippen LogP contribution is -2.38. The standard InChI is InChI=1S/C20H31N5S/c1-6-18-14-23-19(26-18)10-11-22-20(21-7-2)24-13-16-8-9-17(25(4)5)12-15(16)3/h8-9,12,14H,6-7,10-11,13H2,1-5H3,(H2,21,22,24). The van der Waals surface area contributed by atoms with Crippen LogP contribution in [0.2, 0.25) is 0 Å². The average molecular weight is 374 g/mol. The van der Waals surface area contributed by atoms with Crippen molar-refractivity contribution in [3.63, 3.8) is 0 Å². The Labute approximate surface area is 161 Å². The molecule has 2 rings (SSSR count). The first-order valence-electron chi connectivity index (χ1n) is 9.26. The molecule has 0 saturated carbocycles. The number of guanidine groups is 1. The molecule has 0 amide bonds. The molecule has 0 radical (unpaired) electrons. The van der Waals surface area contributed by atoms with E-state index >= 15 is 0 Å². The molecule has 1 heterocycles. The molecule has 0 fully saturated rings. The third kappa shape index (κ3) is 6.02. The molecule has 2 aromatic rings. The van der Waals surface area contributed by atoms with Gasteiger partial charge in [-0.1, -0.05) is 13.0 Å². The van der Waals surface area contributed by atoms with Crippen LogP contribution < -0.4 is 15.5 Å². The number of benzene rings is 1. The van der Waals surface area contributed by atoms with Crippen LogP contribution in [0.1, 0.15) is 34.9 Å². The molecule has 0 saturated heterocycles. The van der Waals surface area contributed by atoms with Gasteiger partial charge in [-0.2, -0.15) is 0 Å². The minimum Gasteiger partial charge on any atom is -0.378 e. The van der Waals surface area contributed by atoms with Gasteiger partial charge >= 0.3 is 0 Å². The maximum absolute atomic E-state index is 4.74. The van der Waals surface area contributed by atoms with Crippen LogP contribution in [0, 0.1) is 6.92 Å². The second-order valence-electron chi connectivity index (χ2n) is 6.45.